The molecule has 0 radical (unpaired) electrons. The van der Waals surface area contributed by atoms with E-state index in [2.05, 4.69) is 31.2 Å². The van der Waals surface area contributed by atoms with Gasteiger partial charge in [-0.3, -0.25) is 4.99 Å². The third-order valence-electron chi connectivity index (χ3n) is 2.47. The molecular formula is C16H19N. The van der Waals surface area contributed by atoms with Crippen LogP contribution in [0.25, 0.3) is 0 Å². The Morgan fingerprint density at radius 2 is 1.94 bits per heavy atom. The Bertz CT molecular complexity index is 450. The van der Waals surface area contributed by atoms with E-state index in [0.717, 1.165) is 29.0 Å². The highest BCUT2D eigenvalue weighted by molar-refractivity contribution is 5.99. The largest absolute Gasteiger partial charge is 0.253 e. The van der Waals surface area contributed by atoms with Crippen LogP contribution in [0.4, 0.5) is 0 Å². The Labute approximate surface area is 104 Å². The summed E-state index contributed by atoms with van der Waals surface area (Å²) < 4.78 is 0. The molecule has 0 unspecified atom stereocenters. The van der Waals surface area contributed by atoms with E-state index in [4.69, 9.17) is 0 Å². The molecule has 0 amide bonds. The Balaban J connectivity index is 2.93. The van der Waals surface area contributed by atoms with Crippen LogP contribution in [0.2, 0.25) is 0 Å². The Morgan fingerprint density at radius 3 is 2.47 bits per heavy atom. The fourth-order valence-electron chi connectivity index (χ4n) is 1.55. The highest BCUT2D eigenvalue weighted by Gasteiger charge is 1.99. The molecule has 0 heterocycles. The number of rotatable bonds is 5. The molecule has 0 N–H and O–H groups in total. The van der Waals surface area contributed by atoms with Crippen LogP contribution < -0.4 is 0 Å². The normalized spacial score (nSPS) is 12.4. The number of benzene rings is 1. The Kier molecular flexibility index (Phi) is 5.15. The van der Waals surface area contributed by atoms with E-state index in [1.54, 1.807) is 6.08 Å². The second-order valence-corrected chi connectivity index (χ2v) is 3.78. The maximum absolute atomic E-state index is 4.52. The molecule has 1 nitrogen and oxygen atoms in total. The van der Waals surface area contributed by atoms with Crippen molar-refractivity contribution in [1.82, 2.24) is 0 Å². The van der Waals surface area contributed by atoms with Gasteiger partial charge in [0.2, 0.25) is 0 Å². The molecule has 0 aliphatic carbocycles. The number of hydrogen-bond donors (Lipinski definition) is 0. The molecule has 17 heavy (non-hydrogen) atoms. The van der Waals surface area contributed by atoms with Gasteiger partial charge in [0.05, 0.1) is 5.70 Å². The Hall–Kier alpha value is -1.89. The van der Waals surface area contributed by atoms with Crippen LogP contribution in [0.3, 0.4) is 0 Å². The highest BCUT2D eigenvalue weighted by Crippen LogP contribution is 2.13. The topological polar surface area (TPSA) is 12.4 Å². The van der Waals surface area contributed by atoms with Gasteiger partial charge in [-0.1, -0.05) is 62.6 Å². The third kappa shape index (κ3) is 3.87. The summed E-state index contributed by atoms with van der Waals surface area (Å²) in [6, 6.07) is 10.1. The highest BCUT2D eigenvalue weighted by atomic mass is 14.8. The van der Waals surface area contributed by atoms with E-state index < -0.39 is 0 Å². The average molecular weight is 225 g/mol. The first-order valence-corrected chi connectivity index (χ1v) is 5.81. The standard InChI is InChI=1S/C16H19N/c1-5-10-15(6-2)13(3)17-14(4)16-11-8-7-9-12-16/h6-12H,2-3,5H2,1,4H3/b15-10+,17-14?. The number of nitrogens with zero attached hydrogens (tertiary/aromatic N) is 1. The van der Waals surface area contributed by atoms with E-state index in [9.17, 15) is 0 Å². The van der Waals surface area contributed by atoms with Crippen molar-refractivity contribution < 1.29 is 0 Å². The lowest BCUT2D eigenvalue weighted by atomic mass is 10.1. The van der Waals surface area contributed by atoms with Crippen LogP contribution >= 0.6 is 0 Å². The summed E-state index contributed by atoms with van der Waals surface area (Å²) in [4.78, 5) is 4.52. The number of hydrogen-bond acceptors (Lipinski definition) is 1. The molecule has 0 spiro atoms. The maximum atomic E-state index is 4.52. The van der Waals surface area contributed by atoms with Gasteiger partial charge < -0.3 is 0 Å². The maximum Gasteiger partial charge on any atom is 0.0630 e. The molecule has 0 aromatic heterocycles. The van der Waals surface area contributed by atoms with Gasteiger partial charge in [-0.25, -0.2) is 0 Å². The first-order chi connectivity index (χ1) is 8.19. The minimum absolute atomic E-state index is 0.767. The van der Waals surface area contributed by atoms with Crippen molar-refractivity contribution in [2.24, 2.45) is 4.99 Å². The monoisotopic (exact) mass is 225 g/mol. The minimum atomic E-state index is 0.767. The van der Waals surface area contributed by atoms with Gasteiger partial charge in [0.1, 0.15) is 0 Å². The fourth-order valence-corrected chi connectivity index (χ4v) is 1.55. The van der Waals surface area contributed by atoms with E-state index in [-0.39, 0.29) is 0 Å². The van der Waals surface area contributed by atoms with Gasteiger partial charge in [-0.2, -0.15) is 0 Å². The molecule has 0 saturated carbocycles. The van der Waals surface area contributed by atoms with Gasteiger partial charge in [-0.05, 0) is 24.5 Å². The zero-order valence-corrected chi connectivity index (χ0v) is 10.6. The van der Waals surface area contributed by atoms with E-state index in [1.807, 2.05) is 37.3 Å². The molecule has 1 rings (SSSR count). The van der Waals surface area contributed by atoms with E-state index in [0.29, 0.717) is 0 Å². The number of aliphatic imine (C=N–C) groups is 1. The SMILES string of the molecule is C=C/C(=C\CC)C(=C)N=C(C)c1ccccc1. The average Bonchev–Trinajstić information content (AvgIpc) is 2.36. The van der Waals surface area contributed by atoms with E-state index in [1.165, 1.54) is 0 Å². The summed E-state index contributed by atoms with van der Waals surface area (Å²) in [5, 5.41) is 0. The predicted molar refractivity (Wildman–Crippen MR) is 76.4 cm³/mol. The first-order valence-electron chi connectivity index (χ1n) is 5.81. The molecule has 1 heteroatoms. The van der Waals surface area contributed by atoms with Crippen molar-refractivity contribution in [2.45, 2.75) is 20.3 Å². The van der Waals surface area contributed by atoms with Gasteiger partial charge in [0.15, 0.2) is 0 Å². The molecule has 88 valence electrons. The summed E-state index contributed by atoms with van der Waals surface area (Å²) in [6.07, 6.45) is 4.84. The molecule has 1 aromatic carbocycles. The third-order valence-corrected chi connectivity index (χ3v) is 2.47. The molecule has 0 aliphatic rings. The van der Waals surface area contributed by atoms with Crippen molar-refractivity contribution in [3.63, 3.8) is 0 Å². The summed E-state index contributed by atoms with van der Waals surface area (Å²) in [5.41, 5.74) is 3.86. The van der Waals surface area contributed by atoms with Gasteiger partial charge in [-0.15, -0.1) is 0 Å². The summed E-state index contributed by atoms with van der Waals surface area (Å²) in [5.74, 6) is 0. The second kappa shape index (κ2) is 6.64. The van der Waals surface area contributed by atoms with Crippen molar-refractivity contribution in [2.75, 3.05) is 0 Å². The molecule has 0 saturated heterocycles. The lowest BCUT2D eigenvalue weighted by Gasteiger charge is -2.04. The molecule has 0 fully saturated rings. The molecule has 0 bridgehead atoms. The van der Waals surface area contributed by atoms with Crippen molar-refractivity contribution in [1.29, 1.82) is 0 Å². The zero-order chi connectivity index (χ0) is 12.7. The lowest BCUT2D eigenvalue weighted by Crippen LogP contribution is -1.95. The van der Waals surface area contributed by atoms with Gasteiger partial charge >= 0.3 is 0 Å². The molecular weight excluding hydrogens is 206 g/mol. The predicted octanol–water partition coefficient (Wildman–Crippen LogP) is 4.53. The van der Waals surface area contributed by atoms with Crippen LogP contribution in [-0.2, 0) is 0 Å². The fraction of sp³-hybridized carbons (Fsp3) is 0.188. The molecule has 0 aliphatic heterocycles. The lowest BCUT2D eigenvalue weighted by molar-refractivity contribution is 1.19. The Morgan fingerprint density at radius 1 is 1.29 bits per heavy atom. The van der Waals surface area contributed by atoms with Crippen LogP contribution in [0, 0.1) is 0 Å². The van der Waals surface area contributed by atoms with Crippen LogP contribution in [-0.4, -0.2) is 5.71 Å². The van der Waals surface area contributed by atoms with Crippen LogP contribution in [0.15, 0.2) is 71.9 Å². The smallest absolute Gasteiger partial charge is 0.0630 e. The van der Waals surface area contributed by atoms with Crippen LogP contribution in [0.1, 0.15) is 25.8 Å². The number of allylic oxidation sites excluding steroid dienone is 2. The van der Waals surface area contributed by atoms with Crippen LogP contribution in [0.5, 0.6) is 0 Å². The second-order valence-electron chi connectivity index (χ2n) is 3.78. The molecule has 1 aromatic rings. The van der Waals surface area contributed by atoms with Crippen molar-refractivity contribution in [3.05, 3.63) is 72.5 Å². The van der Waals surface area contributed by atoms with Crippen molar-refractivity contribution >= 4 is 5.71 Å². The zero-order valence-electron chi connectivity index (χ0n) is 10.6. The summed E-state index contributed by atoms with van der Waals surface area (Å²) in [7, 11) is 0. The summed E-state index contributed by atoms with van der Waals surface area (Å²) in [6.45, 7) is 11.8. The van der Waals surface area contributed by atoms with E-state index >= 15 is 0 Å². The van der Waals surface area contributed by atoms with Gasteiger partial charge in [0.25, 0.3) is 0 Å². The minimum Gasteiger partial charge on any atom is -0.253 e. The van der Waals surface area contributed by atoms with Crippen molar-refractivity contribution in [3.8, 4) is 0 Å². The molecule has 0 atom stereocenters. The first kappa shape index (κ1) is 13.2. The quantitative estimate of drug-likeness (QED) is 0.515. The van der Waals surface area contributed by atoms with Gasteiger partial charge in [0, 0.05) is 5.71 Å². The summed E-state index contributed by atoms with van der Waals surface area (Å²) >= 11 is 0.